The van der Waals surface area contributed by atoms with Crippen LogP contribution in [-0.4, -0.2) is 25.7 Å². The van der Waals surface area contributed by atoms with Crippen LogP contribution < -0.4 is 10.9 Å². The number of hydrogen-bond donors (Lipinski definition) is 2. The molecule has 4 aromatic rings. The lowest BCUT2D eigenvalue weighted by atomic mass is 10.1. The van der Waals surface area contributed by atoms with Gasteiger partial charge in [-0.25, -0.2) is 9.67 Å². The molecule has 7 heteroatoms. The Labute approximate surface area is 154 Å². The molecule has 2 aromatic carbocycles. The molecule has 1 atom stereocenters. The summed E-state index contributed by atoms with van der Waals surface area (Å²) in [5.74, 6) is -0.408. The molecule has 27 heavy (non-hydrogen) atoms. The van der Waals surface area contributed by atoms with E-state index in [-0.39, 0.29) is 11.6 Å². The highest BCUT2D eigenvalue weighted by Gasteiger charge is 2.15. The van der Waals surface area contributed by atoms with Crippen LogP contribution >= 0.6 is 0 Å². The molecule has 0 spiro atoms. The molecule has 4 rings (SSSR count). The van der Waals surface area contributed by atoms with Gasteiger partial charge < -0.3 is 10.3 Å². The van der Waals surface area contributed by atoms with Crippen molar-refractivity contribution in [3.05, 3.63) is 88.7 Å². The molecule has 2 aromatic heterocycles. The van der Waals surface area contributed by atoms with Crippen LogP contribution in [0, 0.1) is 0 Å². The van der Waals surface area contributed by atoms with Gasteiger partial charge in [0.25, 0.3) is 11.5 Å². The van der Waals surface area contributed by atoms with Gasteiger partial charge in [-0.15, -0.1) is 0 Å². The molecule has 0 aliphatic carbocycles. The molecule has 0 aliphatic rings. The number of fused-ring (bicyclic) bond motifs is 1. The van der Waals surface area contributed by atoms with Crippen molar-refractivity contribution >= 4 is 16.8 Å². The van der Waals surface area contributed by atoms with E-state index in [1.165, 1.54) is 6.33 Å². The van der Waals surface area contributed by atoms with Crippen molar-refractivity contribution in [2.75, 3.05) is 0 Å². The fourth-order valence-electron chi connectivity index (χ4n) is 2.93. The van der Waals surface area contributed by atoms with E-state index in [0.29, 0.717) is 5.52 Å². The van der Waals surface area contributed by atoms with Gasteiger partial charge in [0, 0.05) is 5.52 Å². The number of H-pyrrole nitrogens is 1. The first-order valence-corrected chi connectivity index (χ1v) is 8.50. The van der Waals surface area contributed by atoms with Crippen molar-refractivity contribution in [2.45, 2.75) is 13.0 Å². The summed E-state index contributed by atoms with van der Waals surface area (Å²) in [6.45, 7) is 1.87. The Morgan fingerprint density at radius 2 is 1.93 bits per heavy atom. The highest BCUT2D eigenvalue weighted by Crippen LogP contribution is 2.16. The number of rotatable bonds is 4. The second-order valence-electron chi connectivity index (χ2n) is 6.23. The molecule has 1 unspecified atom stereocenters. The van der Waals surface area contributed by atoms with E-state index in [1.54, 1.807) is 23.1 Å². The number of hydrogen-bond acceptors (Lipinski definition) is 4. The molecule has 0 saturated carbocycles. The van der Waals surface area contributed by atoms with Crippen molar-refractivity contribution in [3.63, 3.8) is 0 Å². The number of aromatic nitrogens is 4. The van der Waals surface area contributed by atoms with E-state index in [4.69, 9.17) is 0 Å². The predicted octanol–water partition coefficient (Wildman–Crippen LogP) is 2.60. The number of benzene rings is 2. The summed E-state index contributed by atoms with van der Waals surface area (Å²) in [4.78, 5) is 31.5. The van der Waals surface area contributed by atoms with Crippen molar-refractivity contribution in [3.8, 4) is 5.69 Å². The molecule has 0 aliphatic heterocycles. The number of carbonyl (C=O) groups is 1. The van der Waals surface area contributed by atoms with Gasteiger partial charge in [0.1, 0.15) is 18.2 Å². The minimum absolute atomic E-state index is 0.0970. The highest BCUT2D eigenvalue weighted by molar-refractivity contribution is 5.97. The Kier molecular flexibility index (Phi) is 4.25. The van der Waals surface area contributed by atoms with Crippen molar-refractivity contribution in [1.82, 2.24) is 25.1 Å². The zero-order valence-electron chi connectivity index (χ0n) is 14.6. The summed E-state index contributed by atoms with van der Waals surface area (Å²) in [7, 11) is 0. The van der Waals surface area contributed by atoms with Crippen molar-refractivity contribution in [2.24, 2.45) is 0 Å². The lowest BCUT2D eigenvalue weighted by Crippen LogP contribution is -2.31. The molecule has 0 fully saturated rings. The van der Waals surface area contributed by atoms with Crippen molar-refractivity contribution < 1.29 is 4.79 Å². The Bertz CT molecular complexity index is 1150. The molecular formula is C20H17N5O2. The quantitative estimate of drug-likeness (QED) is 0.586. The third-order valence-electron chi connectivity index (χ3n) is 4.42. The third kappa shape index (κ3) is 3.35. The van der Waals surface area contributed by atoms with Crippen LogP contribution in [0.25, 0.3) is 16.6 Å². The van der Waals surface area contributed by atoms with Gasteiger partial charge in [-0.05, 0) is 42.1 Å². The monoisotopic (exact) mass is 359 g/mol. The average molecular weight is 359 g/mol. The van der Waals surface area contributed by atoms with E-state index in [0.717, 1.165) is 16.6 Å². The van der Waals surface area contributed by atoms with Gasteiger partial charge in [0.15, 0.2) is 0 Å². The molecule has 2 heterocycles. The van der Waals surface area contributed by atoms with Crippen LogP contribution in [-0.2, 0) is 0 Å². The van der Waals surface area contributed by atoms with Crippen LogP contribution in [0.2, 0.25) is 0 Å². The maximum Gasteiger partial charge on any atom is 0.261 e. The van der Waals surface area contributed by atoms with Gasteiger partial charge in [0.05, 0.1) is 11.7 Å². The number of aromatic amines is 1. The van der Waals surface area contributed by atoms with Gasteiger partial charge >= 0.3 is 0 Å². The summed E-state index contributed by atoms with van der Waals surface area (Å²) in [5, 5.41) is 7.77. The Morgan fingerprint density at radius 1 is 1.15 bits per heavy atom. The number of nitrogens with zero attached hydrogens (tertiary/aromatic N) is 3. The third-order valence-corrected chi connectivity index (χ3v) is 4.42. The largest absolute Gasteiger partial charge is 0.345 e. The lowest BCUT2D eigenvalue weighted by Gasteiger charge is -2.15. The second-order valence-corrected chi connectivity index (χ2v) is 6.23. The topological polar surface area (TPSA) is 92.7 Å². The Hall–Kier alpha value is -3.74. The summed E-state index contributed by atoms with van der Waals surface area (Å²) in [6, 6.07) is 16.3. The molecule has 0 bridgehead atoms. The molecule has 2 N–H and O–H groups in total. The SMILES string of the molecule is CC(NC(=O)c1cc2ccccc2[nH]c1=O)c1ccc(-n2cncn2)cc1. The van der Waals surface area contributed by atoms with E-state index in [2.05, 4.69) is 20.4 Å². The minimum Gasteiger partial charge on any atom is -0.345 e. The summed E-state index contributed by atoms with van der Waals surface area (Å²) >= 11 is 0. The molecular weight excluding hydrogens is 342 g/mol. The van der Waals surface area contributed by atoms with Crippen LogP contribution in [0.15, 0.2) is 72.0 Å². The van der Waals surface area contributed by atoms with Gasteiger partial charge in [-0.2, -0.15) is 5.10 Å². The number of pyridine rings is 1. The maximum atomic E-state index is 12.6. The number of carbonyl (C=O) groups excluding carboxylic acids is 1. The minimum atomic E-state index is -0.408. The first kappa shape index (κ1) is 16.7. The standard InChI is InChI=1S/C20H17N5O2/c1-13(14-6-8-16(9-7-14)25-12-21-11-22-25)23-19(26)17-10-15-4-2-3-5-18(15)24-20(17)27/h2-13H,1H3,(H,23,26)(H,24,27). The Balaban J connectivity index is 1.54. The van der Waals surface area contributed by atoms with E-state index >= 15 is 0 Å². The summed E-state index contributed by atoms with van der Waals surface area (Å²) in [6.07, 6.45) is 3.09. The first-order valence-electron chi connectivity index (χ1n) is 8.50. The van der Waals surface area contributed by atoms with Gasteiger partial charge in [0.2, 0.25) is 0 Å². The highest BCUT2D eigenvalue weighted by atomic mass is 16.2. The fourth-order valence-corrected chi connectivity index (χ4v) is 2.93. The normalized spacial score (nSPS) is 12.0. The van der Waals surface area contributed by atoms with E-state index in [1.807, 2.05) is 49.4 Å². The molecule has 0 radical (unpaired) electrons. The van der Waals surface area contributed by atoms with Crippen molar-refractivity contribution in [1.29, 1.82) is 0 Å². The van der Waals surface area contributed by atoms with Gasteiger partial charge in [-0.3, -0.25) is 9.59 Å². The van der Waals surface area contributed by atoms with E-state index in [9.17, 15) is 9.59 Å². The molecule has 134 valence electrons. The van der Waals surface area contributed by atoms with Crippen LogP contribution in [0.1, 0.15) is 28.9 Å². The van der Waals surface area contributed by atoms with Crippen LogP contribution in [0.4, 0.5) is 0 Å². The number of amides is 1. The second kappa shape index (κ2) is 6.87. The molecule has 0 saturated heterocycles. The van der Waals surface area contributed by atoms with Crippen LogP contribution in [0.5, 0.6) is 0 Å². The number of para-hydroxylation sites is 1. The van der Waals surface area contributed by atoms with E-state index < -0.39 is 11.5 Å². The van der Waals surface area contributed by atoms with Gasteiger partial charge in [-0.1, -0.05) is 30.3 Å². The number of nitrogens with one attached hydrogen (secondary N) is 2. The summed E-state index contributed by atoms with van der Waals surface area (Å²) < 4.78 is 1.65. The molecule has 1 amide bonds. The predicted molar refractivity (Wildman–Crippen MR) is 102 cm³/mol. The zero-order valence-corrected chi connectivity index (χ0v) is 14.6. The maximum absolute atomic E-state index is 12.6. The Morgan fingerprint density at radius 3 is 2.67 bits per heavy atom. The average Bonchev–Trinajstić information content (AvgIpc) is 3.22. The van der Waals surface area contributed by atoms with Crippen LogP contribution in [0.3, 0.4) is 0 Å². The molecule has 7 nitrogen and oxygen atoms in total. The smallest absolute Gasteiger partial charge is 0.261 e. The first-order chi connectivity index (χ1) is 13.1. The summed E-state index contributed by atoms with van der Waals surface area (Å²) in [5.41, 5.74) is 2.20. The zero-order chi connectivity index (χ0) is 18.8. The fraction of sp³-hybridized carbons (Fsp3) is 0.100. The lowest BCUT2D eigenvalue weighted by molar-refractivity contribution is 0.0938.